The fourth-order valence-corrected chi connectivity index (χ4v) is 2.48. The van der Waals surface area contributed by atoms with Crippen LogP contribution < -0.4 is 11.1 Å². The lowest BCUT2D eigenvalue weighted by molar-refractivity contribution is 0.0935. The maximum atomic E-state index is 12.2. The number of amides is 1. The molecule has 3 rings (SSSR count). The van der Waals surface area contributed by atoms with E-state index in [1.165, 1.54) is 11.6 Å². The molecule has 118 valence electrons. The average Bonchev–Trinajstić information content (AvgIpc) is 3.03. The summed E-state index contributed by atoms with van der Waals surface area (Å²) in [6.45, 7) is 2.39. The van der Waals surface area contributed by atoms with Crippen molar-refractivity contribution in [3.05, 3.63) is 65.9 Å². The van der Waals surface area contributed by atoms with Gasteiger partial charge in [-0.3, -0.25) is 4.79 Å². The molecule has 0 bridgehead atoms. The third-order valence-corrected chi connectivity index (χ3v) is 3.76. The summed E-state index contributed by atoms with van der Waals surface area (Å²) in [5.74, 6) is 0.230. The van der Waals surface area contributed by atoms with E-state index in [2.05, 4.69) is 34.6 Å². The van der Waals surface area contributed by atoms with Crippen molar-refractivity contribution in [1.82, 2.24) is 10.3 Å². The SMILES string of the molecule is CC(NC(=O)c1coc(CCN)n1)c1ccc2ccccc2c1. The molecule has 0 saturated carbocycles. The summed E-state index contributed by atoms with van der Waals surface area (Å²) in [6, 6.07) is 14.2. The Balaban J connectivity index is 1.73. The van der Waals surface area contributed by atoms with Crippen LogP contribution in [0.15, 0.2) is 53.1 Å². The highest BCUT2D eigenvalue weighted by atomic mass is 16.3. The molecule has 0 radical (unpaired) electrons. The second kappa shape index (κ2) is 6.62. The molecular formula is C18H19N3O2. The van der Waals surface area contributed by atoms with Gasteiger partial charge in [-0.05, 0) is 29.3 Å². The van der Waals surface area contributed by atoms with Crippen LogP contribution in [0.2, 0.25) is 0 Å². The predicted octanol–water partition coefficient (Wildman–Crippen LogP) is 2.82. The topological polar surface area (TPSA) is 81.2 Å². The van der Waals surface area contributed by atoms with Gasteiger partial charge in [0.15, 0.2) is 11.6 Å². The summed E-state index contributed by atoms with van der Waals surface area (Å²) in [5.41, 5.74) is 6.77. The smallest absolute Gasteiger partial charge is 0.273 e. The third kappa shape index (κ3) is 3.40. The first kappa shape index (κ1) is 15.2. The molecule has 1 aromatic heterocycles. The first-order chi connectivity index (χ1) is 11.2. The Morgan fingerprint density at radius 2 is 2.04 bits per heavy atom. The number of nitrogens with zero attached hydrogens (tertiary/aromatic N) is 1. The molecule has 0 fully saturated rings. The van der Waals surface area contributed by atoms with Crippen molar-refractivity contribution in [2.45, 2.75) is 19.4 Å². The standard InChI is InChI=1S/C18H19N3O2/c1-12(14-7-6-13-4-2-3-5-15(13)10-14)20-18(22)16-11-23-17(21-16)8-9-19/h2-7,10-12H,8-9,19H2,1H3,(H,20,22). The van der Waals surface area contributed by atoms with E-state index >= 15 is 0 Å². The Bertz CT molecular complexity index is 826. The van der Waals surface area contributed by atoms with Gasteiger partial charge in [0.05, 0.1) is 6.04 Å². The molecule has 1 heterocycles. The normalized spacial score (nSPS) is 12.3. The van der Waals surface area contributed by atoms with Crippen molar-refractivity contribution < 1.29 is 9.21 Å². The van der Waals surface area contributed by atoms with Crippen molar-refractivity contribution in [3.8, 4) is 0 Å². The molecule has 0 aliphatic carbocycles. The van der Waals surface area contributed by atoms with Crippen molar-refractivity contribution >= 4 is 16.7 Å². The molecule has 1 amide bonds. The molecule has 23 heavy (non-hydrogen) atoms. The Morgan fingerprint density at radius 3 is 2.83 bits per heavy atom. The first-order valence-electron chi connectivity index (χ1n) is 7.61. The number of nitrogens with two attached hydrogens (primary N) is 1. The molecule has 1 atom stereocenters. The average molecular weight is 309 g/mol. The van der Waals surface area contributed by atoms with Gasteiger partial charge in [0.1, 0.15) is 6.26 Å². The number of oxazole rings is 1. The highest BCUT2D eigenvalue weighted by Crippen LogP contribution is 2.20. The monoisotopic (exact) mass is 309 g/mol. The molecule has 1 unspecified atom stereocenters. The number of hydrogen-bond donors (Lipinski definition) is 2. The highest BCUT2D eigenvalue weighted by molar-refractivity contribution is 5.92. The van der Waals surface area contributed by atoms with Crippen LogP contribution in [-0.4, -0.2) is 17.4 Å². The second-order valence-corrected chi connectivity index (χ2v) is 5.47. The zero-order chi connectivity index (χ0) is 16.2. The van der Waals surface area contributed by atoms with Gasteiger partial charge >= 0.3 is 0 Å². The first-order valence-corrected chi connectivity index (χ1v) is 7.61. The largest absolute Gasteiger partial charge is 0.448 e. The zero-order valence-corrected chi connectivity index (χ0v) is 13.0. The van der Waals surface area contributed by atoms with Gasteiger partial charge in [-0.25, -0.2) is 4.98 Å². The van der Waals surface area contributed by atoms with Crippen LogP contribution in [0.1, 0.15) is 34.9 Å². The molecular weight excluding hydrogens is 290 g/mol. The van der Waals surface area contributed by atoms with E-state index < -0.39 is 0 Å². The van der Waals surface area contributed by atoms with E-state index in [-0.39, 0.29) is 17.6 Å². The molecule has 0 aliphatic rings. The number of carbonyl (C=O) groups is 1. The Morgan fingerprint density at radius 1 is 1.26 bits per heavy atom. The quantitative estimate of drug-likeness (QED) is 0.759. The number of fused-ring (bicyclic) bond motifs is 1. The summed E-state index contributed by atoms with van der Waals surface area (Å²) >= 11 is 0. The van der Waals surface area contributed by atoms with Crippen LogP contribution in [0, 0.1) is 0 Å². The number of aromatic nitrogens is 1. The summed E-state index contributed by atoms with van der Waals surface area (Å²) in [7, 11) is 0. The molecule has 0 saturated heterocycles. The van der Waals surface area contributed by atoms with Crippen LogP contribution in [0.3, 0.4) is 0 Å². The van der Waals surface area contributed by atoms with Gasteiger partial charge in [-0.1, -0.05) is 36.4 Å². The highest BCUT2D eigenvalue weighted by Gasteiger charge is 2.15. The minimum absolute atomic E-state index is 0.123. The minimum Gasteiger partial charge on any atom is -0.448 e. The lowest BCUT2D eigenvalue weighted by Crippen LogP contribution is -2.27. The number of benzene rings is 2. The van der Waals surface area contributed by atoms with Gasteiger partial charge in [0.25, 0.3) is 5.91 Å². The van der Waals surface area contributed by atoms with Crippen molar-refractivity contribution in [3.63, 3.8) is 0 Å². The lowest BCUT2D eigenvalue weighted by Gasteiger charge is -2.14. The number of rotatable bonds is 5. The summed E-state index contributed by atoms with van der Waals surface area (Å²) in [4.78, 5) is 16.4. The molecule has 3 N–H and O–H groups in total. The molecule has 2 aromatic carbocycles. The summed E-state index contributed by atoms with van der Waals surface area (Å²) in [5, 5.41) is 5.27. The van der Waals surface area contributed by atoms with Gasteiger partial charge in [0, 0.05) is 13.0 Å². The van der Waals surface area contributed by atoms with E-state index in [0.29, 0.717) is 18.9 Å². The number of nitrogens with one attached hydrogen (secondary N) is 1. The van der Waals surface area contributed by atoms with Crippen LogP contribution >= 0.6 is 0 Å². The zero-order valence-electron chi connectivity index (χ0n) is 13.0. The van der Waals surface area contributed by atoms with Gasteiger partial charge in [0.2, 0.25) is 0 Å². The molecule has 0 aliphatic heterocycles. The van der Waals surface area contributed by atoms with E-state index in [1.54, 1.807) is 0 Å². The maximum absolute atomic E-state index is 12.2. The summed E-state index contributed by atoms with van der Waals surface area (Å²) < 4.78 is 5.22. The predicted molar refractivity (Wildman–Crippen MR) is 89.1 cm³/mol. The Labute approximate surface area is 134 Å². The third-order valence-electron chi connectivity index (χ3n) is 3.76. The minimum atomic E-state index is -0.252. The van der Waals surface area contributed by atoms with E-state index in [0.717, 1.165) is 10.9 Å². The Kier molecular flexibility index (Phi) is 4.39. The fraction of sp³-hybridized carbons (Fsp3) is 0.222. The van der Waals surface area contributed by atoms with E-state index in [9.17, 15) is 4.79 Å². The number of hydrogen-bond acceptors (Lipinski definition) is 4. The fourth-order valence-electron chi connectivity index (χ4n) is 2.48. The van der Waals surface area contributed by atoms with Gasteiger partial charge < -0.3 is 15.5 Å². The number of carbonyl (C=O) groups excluding carboxylic acids is 1. The van der Waals surface area contributed by atoms with Crippen LogP contribution in [0.5, 0.6) is 0 Å². The van der Waals surface area contributed by atoms with Crippen LogP contribution in [-0.2, 0) is 6.42 Å². The van der Waals surface area contributed by atoms with E-state index in [4.69, 9.17) is 10.2 Å². The van der Waals surface area contributed by atoms with Crippen LogP contribution in [0.25, 0.3) is 10.8 Å². The van der Waals surface area contributed by atoms with Crippen LogP contribution in [0.4, 0.5) is 0 Å². The molecule has 5 nitrogen and oxygen atoms in total. The maximum Gasteiger partial charge on any atom is 0.273 e. The van der Waals surface area contributed by atoms with Gasteiger partial charge in [-0.2, -0.15) is 0 Å². The second-order valence-electron chi connectivity index (χ2n) is 5.47. The van der Waals surface area contributed by atoms with Crippen molar-refractivity contribution in [1.29, 1.82) is 0 Å². The molecule has 0 spiro atoms. The van der Waals surface area contributed by atoms with Gasteiger partial charge in [-0.15, -0.1) is 0 Å². The summed E-state index contributed by atoms with van der Waals surface area (Å²) in [6.07, 6.45) is 1.89. The Hall–Kier alpha value is -2.66. The molecule has 3 aromatic rings. The molecule has 5 heteroatoms. The van der Waals surface area contributed by atoms with Crippen molar-refractivity contribution in [2.75, 3.05) is 6.54 Å². The van der Waals surface area contributed by atoms with E-state index in [1.807, 2.05) is 25.1 Å². The van der Waals surface area contributed by atoms with Crippen molar-refractivity contribution in [2.24, 2.45) is 5.73 Å². The lowest BCUT2D eigenvalue weighted by atomic mass is 10.0.